The summed E-state index contributed by atoms with van der Waals surface area (Å²) in [6.07, 6.45) is 0.958. The minimum atomic E-state index is -0.490. The number of carbonyl (C=O) groups excluding carboxylic acids is 2. The SMILES string of the molecule is COC(=O)CCC(=O)CCc1ccc(Cl)c(F)c1. The third kappa shape index (κ3) is 4.84. The van der Waals surface area contributed by atoms with E-state index < -0.39 is 11.8 Å². The molecule has 0 spiro atoms. The van der Waals surface area contributed by atoms with Crippen LogP contribution in [0.3, 0.4) is 0 Å². The van der Waals surface area contributed by atoms with Crippen molar-refractivity contribution in [3.8, 4) is 0 Å². The predicted octanol–water partition coefficient (Wildman–Crippen LogP) is 2.93. The Hall–Kier alpha value is -1.42. The maximum atomic E-state index is 13.1. The van der Waals surface area contributed by atoms with E-state index in [9.17, 15) is 14.0 Å². The molecule has 0 heterocycles. The van der Waals surface area contributed by atoms with Gasteiger partial charge in [0.2, 0.25) is 0 Å². The van der Waals surface area contributed by atoms with Crippen molar-refractivity contribution in [1.82, 2.24) is 0 Å². The Labute approximate surface area is 110 Å². The van der Waals surface area contributed by atoms with Gasteiger partial charge in [0.25, 0.3) is 0 Å². The molecule has 0 fully saturated rings. The molecule has 98 valence electrons. The summed E-state index contributed by atoms with van der Waals surface area (Å²) in [5.74, 6) is -0.937. The van der Waals surface area contributed by atoms with Gasteiger partial charge in [0, 0.05) is 12.8 Å². The number of halogens is 2. The maximum absolute atomic E-state index is 13.1. The Balaban J connectivity index is 2.38. The highest BCUT2D eigenvalue weighted by Crippen LogP contribution is 2.16. The zero-order valence-corrected chi connectivity index (χ0v) is 10.8. The van der Waals surface area contributed by atoms with Crippen molar-refractivity contribution in [2.45, 2.75) is 25.7 Å². The number of hydrogen-bond donors (Lipinski definition) is 0. The standard InChI is InChI=1S/C13H14ClFO3/c1-18-13(17)7-5-10(16)4-2-9-3-6-11(14)12(15)8-9/h3,6,8H,2,4-5,7H2,1H3. The molecule has 1 aromatic rings. The summed E-state index contributed by atoms with van der Waals surface area (Å²) in [6.45, 7) is 0. The van der Waals surface area contributed by atoms with Crippen molar-refractivity contribution in [2.24, 2.45) is 0 Å². The molecule has 0 aliphatic heterocycles. The van der Waals surface area contributed by atoms with Crippen LogP contribution >= 0.6 is 11.6 Å². The fourth-order valence-electron chi connectivity index (χ4n) is 1.45. The number of Topliss-reactive ketones (excluding diaryl/α,β-unsaturated/α-hetero) is 1. The van der Waals surface area contributed by atoms with Crippen LogP contribution in [-0.4, -0.2) is 18.9 Å². The van der Waals surface area contributed by atoms with E-state index >= 15 is 0 Å². The molecule has 0 N–H and O–H groups in total. The molecule has 1 aromatic carbocycles. The van der Waals surface area contributed by atoms with Crippen LogP contribution in [0.25, 0.3) is 0 Å². The van der Waals surface area contributed by atoms with E-state index in [1.807, 2.05) is 0 Å². The molecule has 18 heavy (non-hydrogen) atoms. The van der Waals surface area contributed by atoms with E-state index in [1.54, 1.807) is 6.07 Å². The number of rotatable bonds is 6. The monoisotopic (exact) mass is 272 g/mol. The second-order valence-electron chi connectivity index (χ2n) is 3.86. The van der Waals surface area contributed by atoms with Crippen molar-refractivity contribution in [1.29, 1.82) is 0 Å². The van der Waals surface area contributed by atoms with Gasteiger partial charge in [-0.15, -0.1) is 0 Å². The van der Waals surface area contributed by atoms with Gasteiger partial charge in [-0.3, -0.25) is 9.59 Å². The second-order valence-corrected chi connectivity index (χ2v) is 4.27. The lowest BCUT2D eigenvalue weighted by atomic mass is 10.1. The van der Waals surface area contributed by atoms with Crippen LogP contribution in [0.15, 0.2) is 18.2 Å². The second kappa shape index (κ2) is 7.11. The van der Waals surface area contributed by atoms with E-state index in [0.717, 1.165) is 0 Å². The first-order chi connectivity index (χ1) is 8.52. The van der Waals surface area contributed by atoms with Gasteiger partial charge in [-0.1, -0.05) is 17.7 Å². The number of ether oxygens (including phenoxy) is 1. The van der Waals surface area contributed by atoms with Gasteiger partial charge in [0.05, 0.1) is 18.6 Å². The van der Waals surface area contributed by atoms with Crippen molar-refractivity contribution < 1.29 is 18.7 Å². The number of methoxy groups -OCH3 is 1. The average molecular weight is 273 g/mol. The topological polar surface area (TPSA) is 43.4 Å². The number of hydrogen-bond acceptors (Lipinski definition) is 3. The van der Waals surface area contributed by atoms with Gasteiger partial charge in [-0.05, 0) is 24.1 Å². The third-order valence-corrected chi connectivity index (χ3v) is 2.82. The fourth-order valence-corrected chi connectivity index (χ4v) is 1.56. The number of benzene rings is 1. The Kier molecular flexibility index (Phi) is 5.78. The molecule has 0 aromatic heterocycles. The van der Waals surface area contributed by atoms with Crippen LogP contribution in [-0.2, 0) is 20.7 Å². The van der Waals surface area contributed by atoms with E-state index in [-0.39, 0.29) is 30.1 Å². The summed E-state index contributed by atoms with van der Waals surface area (Å²) >= 11 is 5.55. The quantitative estimate of drug-likeness (QED) is 0.748. The summed E-state index contributed by atoms with van der Waals surface area (Å²) < 4.78 is 17.6. The summed E-state index contributed by atoms with van der Waals surface area (Å²) in [4.78, 5) is 22.3. The highest BCUT2D eigenvalue weighted by Gasteiger charge is 2.08. The van der Waals surface area contributed by atoms with Crippen molar-refractivity contribution in [3.05, 3.63) is 34.6 Å². The number of esters is 1. The van der Waals surface area contributed by atoms with Crippen LogP contribution < -0.4 is 0 Å². The smallest absolute Gasteiger partial charge is 0.305 e. The van der Waals surface area contributed by atoms with Crippen molar-refractivity contribution >= 4 is 23.4 Å². The summed E-state index contributed by atoms with van der Waals surface area (Å²) in [5, 5.41) is 0.0655. The molecule has 3 nitrogen and oxygen atoms in total. The number of aryl methyl sites for hydroxylation is 1. The summed E-state index contributed by atoms with van der Waals surface area (Å²) in [5.41, 5.74) is 0.711. The molecular formula is C13H14ClFO3. The minimum Gasteiger partial charge on any atom is -0.469 e. The summed E-state index contributed by atoms with van der Waals surface area (Å²) in [6, 6.07) is 4.46. The Morgan fingerprint density at radius 3 is 2.61 bits per heavy atom. The first-order valence-electron chi connectivity index (χ1n) is 5.55. The largest absolute Gasteiger partial charge is 0.469 e. The molecule has 0 unspecified atom stereocenters. The molecule has 0 atom stereocenters. The molecular weight excluding hydrogens is 259 g/mol. The molecule has 0 aliphatic carbocycles. The minimum absolute atomic E-state index is 0.0456. The van der Waals surface area contributed by atoms with Gasteiger partial charge in [-0.25, -0.2) is 4.39 Å². The third-order valence-electron chi connectivity index (χ3n) is 2.51. The van der Waals surface area contributed by atoms with E-state index in [1.165, 1.54) is 19.2 Å². The Morgan fingerprint density at radius 2 is 2.00 bits per heavy atom. The molecule has 0 amide bonds. The molecule has 0 saturated carbocycles. The first kappa shape index (κ1) is 14.6. The zero-order valence-electron chi connectivity index (χ0n) is 10.0. The van der Waals surface area contributed by atoms with Gasteiger partial charge in [0.15, 0.2) is 0 Å². The van der Waals surface area contributed by atoms with Gasteiger partial charge in [-0.2, -0.15) is 0 Å². The van der Waals surface area contributed by atoms with Crippen LogP contribution in [0.2, 0.25) is 5.02 Å². The molecule has 0 radical (unpaired) electrons. The highest BCUT2D eigenvalue weighted by molar-refractivity contribution is 6.30. The molecule has 1 rings (SSSR count). The van der Waals surface area contributed by atoms with Crippen LogP contribution in [0, 0.1) is 5.82 Å². The molecule has 0 saturated heterocycles. The van der Waals surface area contributed by atoms with Crippen molar-refractivity contribution in [2.75, 3.05) is 7.11 Å². The highest BCUT2D eigenvalue weighted by atomic mass is 35.5. The molecule has 5 heteroatoms. The Bertz CT molecular complexity index is 446. The number of ketones is 1. The normalized spacial score (nSPS) is 10.2. The predicted molar refractivity (Wildman–Crippen MR) is 66.0 cm³/mol. The molecule has 0 aliphatic rings. The van der Waals surface area contributed by atoms with E-state index in [0.29, 0.717) is 12.0 Å². The lowest BCUT2D eigenvalue weighted by molar-refractivity contribution is -0.141. The first-order valence-corrected chi connectivity index (χ1v) is 5.93. The lowest BCUT2D eigenvalue weighted by Crippen LogP contribution is -2.06. The van der Waals surface area contributed by atoms with Gasteiger partial charge >= 0.3 is 5.97 Å². The van der Waals surface area contributed by atoms with E-state index in [4.69, 9.17) is 11.6 Å². The van der Waals surface area contributed by atoms with Crippen molar-refractivity contribution in [3.63, 3.8) is 0 Å². The fraction of sp³-hybridized carbons (Fsp3) is 0.385. The van der Waals surface area contributed by atoms with Crippen LogP contribution in [0.1, 0.15) is 24.8 Å². The van der Waals surface area contributed by atoms with Gasteiger partial charge in [0.1, 0.15) is 11.6 Å². The van der Waals surface area contributed by atoms with Crippen LogP contribution in [0.5, 0.6) is 0 Å². The lowest BCUT2D eigenvalue weighted by Gasteiger charge is -2.02. The maximum Gasteiger partial charge on any atom is 0.305 e. The van der Waals surface area contributed by atoms with Crippen LogP contribution in [0.4, 0.5) is 4.39 Å². The Morgan fingerprint density at radius 1 is 1.28 bits per heavy atom. The van der Waals surface area contributed by atoms with E-state index in [2.05, 4.69) is 4.74 Å². The summed E-state index contributed by atoms with van der Waals surface area (Å²) in [7, 11) is 1.28. The number of carbonyl (C=O) groups is 2. The van der Waals surface area contributed by atoms with Gasteiger partial charge < -0.3 is 4.74 Å². The average Bonchev–Trinajstić information content (AvgIpc) is 2.37. The molecule has 0 bridgehead atoms. The zero-order chi connectivity index (χ0) is 13.5.